The molecule has 0 saturated heterocycles. The van der Waals surface area contributed by atoms with Crippen LogP contribution in [0.15, 0.2) is 24.5 Å². The van der Waals surface area contributed by atoms with Crippen molar-refractivity contribution < 1.29 is 13.2 Å². The van der Waals surface area contributed by atoms with Crippen LogP contribution in [0.3, 0.4) is 0 Å². The molecule has 3 aromatic rings. The second-order valence-electron chi connectivity index (χ2n) is 5.76. The van der Waals surface area contributed by atoms with Gasteiger partial charge < -0.3 is 4.57 Å². The van der Waals surface area contributed by atoms with E-state index in [0.29, 0.717) is 17.9 Å². The van der Waals surface area contributed by atoms with Crippen LogP contribution >= 0.6 is 0 Å². The normalized spacial score (nSPS) is 13.7. The topological polar surface area (TPSA) is 46.5 Å². The van der Waals surface area contributed by atoms with Gasteiger partial charge in [-0.2, -0.15) is 18.3 Å². The van der Waals surface area contributed by atoms with Crippen molar-refractivity contribution in [2.45, 2.75) is 39.3 Å². The van der Waals surface area contributed by atoms with Gasteiger partial charge in [0.25, 0.3) is 0 Å². The lowest BCUT2D eigenvalue weighted by atomic mass is 10.1. The lowest BCUT2D eigenvalue weighted by Gasteiger charge is -2.13. The molecule has 23 heavy (non-hydrogen) atoms. The van der Waals surface area contributed by atoms with Crippen molar-refractivity contribution in [3.63, 3.8) is 0 Å². The van der Waals surface area contributed by atoms with E-state index >= 15 is 0 Å². The number of aromatic nitrogens is 4. The summed E-state index contributed by atoms with van der Waals surface area (Å²) in [5, 5.41) is 7.73. The Bertz CT molecular complexity index is 845. The van der Waals surface area contributed by atoms with Crippen LogP contribution in [0.25, 0.3) is 16.6 Å². The zero-order valence-corrected chi connectivity index (χ0v) is 13.1. The standard InChI is InChI=1S/C16H17F3N4/c1-4-9(2)15-21-13(16(17,18)19)8-23(15)12-5-10(3)14-11(6-12)7-20-22-14/h5-9H,4H2,1-3H3,(H,20,22)/t9-/m1/s1. The number of aryl methyl sites for hydroxylation is 1. The molecule has 0 aliphatic carbocycles. The highest BCUT2D eigenvalue weighted by atomic mass is 19.4. The van der Waals surface area contributed by atoms with Gasteiger partial charge in [-0.15, -0.1) is 0 Å². The zero-order chi connectivity index (χ0) is 16.8. The lowest BCUT2D eigenvalue weighted by molar-refractivity contribution is -0.141. The molecule has 7 heteroatoms. The first kappa shape index (κ1) is 15.6. The third-order valence-electron chi connectivity index (χ3n) is 4.09. The summed E-state index contributed by atoms with van der Waals surface area (Å²) in [5.74, 6) is 0.341. The van der Waals surface area contributed by atoms with Crippen LogP contribution in [0.2, 0.25) is 0 Å². The summed E-state index contributed by atoms with van der Waals surface area (Å²) in [6.45, 7) is 5.71. The third kappa shape index (κ3) is 2.71. The maximum Gasteiger partial charge on any atom is 0.434 e. The van der Waals surface area contributed by atoms with Crippen molar-refractivity contribution in [3.05, 3.63) is 41.6 Å². The molecule has 0 unspecified atom stereocenters. The van der Waals surface area contributed by atoms with Crippen molar-refractivity contribution in [3.8, 4) is 5.69 Å². The quantitative estimate of drug-likeness (QED) is 0.766. The number of nitrogens with one attached hydrogen (secondary N) is 1. The molecule has 1 aromatic carbocycles. The summed E-state index contributed by atoms with van der Waals surface area (Å²) in [6.07, 6.45) is -1.01. The smallest absolute Gasteiger partial charge is 0.303 e. The lowest BCUT2D eigenvalue weighted by Crippen LogP contribution is -2.06. The summed E-state index contributed by atoms with van der Waals surface area (Å²) in [6, 6.07) is 3.66. The molecule has 1 atom stereocenters. The summed E-state index contributed by atoms with van der Waals surface area (Å²) in [4.78, 5) is 3.84. The maximum absolute atomic E-state index is 13.1. The molecule has 3 rings (SSSR count). The summed E-state index contributed by atoms with van der Waals surface area (Å²) in [7, 11) is 0. The molecule has 4 nitrogen and oxygen atoms in total. The Morgan fingerprint density at radius 2 is 2.04 bits per heavy atom. The second-order valence-corrected chi connectivity index (χ2v) is 5.76. The van der Waals surface area contributed by atoms with E-state index < -0.39 is 11.9 Å². The van der Waals surface area contributed by atoms with Crippen molar-refractivity contribution in [2.24, 2.45) is 0 Å². The number of aromatic amines is 1. The molecule has 2 heterocycles. The first-order valence-corrected chi connectivity index (χ1v) is 7.41. The Morgan fingerprint density at radius 1 is 1.30 bits per heavy atom. The molecular weight excluding hydrogens is 305 g/mol. The summed E-state index contributed by atoms with van der Waals surface area (Å²) >= 11 is 0. The van der Waals surface area contributed by atoms with Gasteiger partial charge in [-0.3, -0.25) is 5.10 Å². The van der Waals surface area contributed by atoms with E-state index in [-0.39, 0.29) is 5.92 Å². The number of rotatable bonds is 3. The van der Waals surface area contributed by atoms with Crippen LogP contribution < -0.4 is 0 Å². The van der Waals surface area contributed by atoms with E-state index in [4.69, 9.17) is 0 Å². The SMILES string of the molecule is CC[C@@H](C)c1nc(C(F)(F)F)cn1-c1cc(C)c2[nH]ncc2c1. The number of hydrogen-bond donors (Lipinski definition) is 1. The Morgan fingerprint density at radius 3 is 2.70 bits per heavy atom. The van der Waals surface area contributed by atoms with Crippen LogP contribution in [0, 0.1) is 6.92 Å². The Labute approximate surface area is 131 Å². The molecule has 0 radical (unpaired) electrons. The number of imidazole rings is 1. The van der Waals surface area contributed by atoms with Gasteiger partial charge in [0.2, 0.25) is 0 Å². The van der Waals surface area contributed by atoms with Gasteiger partial charge in [0, 0.05) is 23.2 Å². The number of halogens is 3. The molecule has 122 valence electrons. The molecule has 0 aliphatic rings. The highest BCUT2D eigenvalue weighted by Gasteiger charge is 2.35. The molecule has 1 N–H and O–H groups in total. The van der Waals surface area contributed by atoms with Gasteiger partial charge in [0.1, 0.15) is 5.82 Å². The molecule has 0 bridgehead atoms. The van der Waals surface area contributed by atoms with Gasteiger partial charge in [-0.1, -0.05) is 13.8 Å². The molecule has 0 fully saturated rings. The molecule has 2 aromatic heterocycles. The fourth-order valence-corrected chi connectivity index (χ4v) is 2.62. The van der Waals surface area contributed by atoms with E-state index in [0.717, 1.165) is 22.7 Å². The number of benzene rings is 1. The minimum absolute atomic E-state index is 0.0774. The second kappa shape index (κ2) is 5.40. The van der Waals surface area contributed by atoms with E-state index in [1.54, 1.807) is 6.20 Å². The Balaban J connectivity index is 2.21. The van der Waals surface area contributed by atoms with Crippen LogP contribution in [0.1, 0.15) is 43.3 Å². The molecule has 0 amide bonds. The third-order valence-corrected chi connectivity index (χ3v) is 4.09. The number of fused-ring (bicyclic) bond motifs is 1. The van der Waals surface area contributed by atoms with Crippen LogP contribution in [0.4, 0.5) is 13.2 Å². The number of alkyl halides is 3. The van der Waals surface area contributed by atoms with Gasteiger partial charge in [-0.05, 0) is 31.0 Å². The van der Waals surface area contributed by atoms with Crippen molar-refractivity contribution in [1.29, 1.82) is 0 Å². The monoisotopic (exact) mass is 322 g/mol. The van der Waals surface area contributed by atoms with Crippen LogP contribution in [0.5, 0.6) is 0 Å². The predicted octanol–water partition coefficient (Wildman–Crippen LogP) is 4.59. The minimum atomic E-state index is -4.46. The van der Waals surface area contributed by atoms with Crippen molar-refractivity contribution in [1.82, 2.24) is 19.7 Å². The fourth-order valence-electron chi connectivity index (χ4n) is 2.62. The van der Waals surface area contributed by atoms with E-state index in [1.165, 1.54) is 4.57 Å². The van der Waals surface area contributed by atoms with Crippen molar-refractivity contribution >= 4 is 10.9 Å². The summed E-state index contributed by atoms with van der Waals surface area (Å²) in [5.41, 5.74) is 1.61. The Kier molecular flexibility index (Phi) is 3.66. The predicted molar refractivity (Wildman–Crippen MR) is 81.7 cm³/mol. The summed E-state index contributed by atoms with van der Waals surface area (Å²) < 4.78 is 40.7. The van der Waals surface area contributed by atoms with Gasteiger partial charge in [-0.25, -0.2) is 4.98 Å². The van der Waals surface area contributed by atoms with Gasteiger partial charge in [0.15, 0.2) is 5.69 Å². The first-order valence-electron chi connectivity index (χ1n) is 7.41. The van der Waals surface area contributed by atoms with Crippen LogP contribution in [-0.4, -0.2) is 19.7 Å². The zero-order valence-electron chi connectivity index (χ0n) is 13.1. The van der Waals surface area contributed by atoms with Gasteiger partial charge >= 0.3 is 6.18 Å². The van der Waals surface area contributed by atoms with E-state index in [1.807, 2.05) is 32.9 Å². The van der Waals surface area contributed by atoms with Crippen LogP contribution in [-0.2, 0) is 6.18 Å². The highest BCUT2D eigenvalue weighted by molar-refractivity contribution is 5.83. The van der Waals surface area contributed by atoms with Gasteiger partial charge in [0.05, 0.1) is 11.7 Å². The molecule has 0 aliphatic heterocycles. The van der Waals surface area contributed by atoms with Crippen molar-refractivity contribution in [2.75, 3.05) is 0 Å². The fraction of sp³-hybridized carbons (Fsp3) is 0.375. The highest BCUT2D eigenvalue weighted by Crippen LogP contribution is 2.33. The van der Waals surface area contributed by atoms with E-state index in [2.05, 4.69) is 15.2 Å². The molecular formula is C16H17F3N4. The van der Waals surface area contributed by atoms with E-state index in [9.17, 15) is 13.2 Å². The molecule has 0 spiro atoms. The number of H-pyrrole nitrogens is 1. The number of nitrogens with zero attached hydrogens (tertiary/aromatic N) is 3. The average Bonchev–Trinajstić information content (AvgIpc) is 3.12. The Hall–Kier alpha value is -2.31. The number of hydrogen-bond acceptors (Lipinski definition) is 2. The largest absolute Gasteiger partial charge is 0.434 e. The maximum atomic E-state index is 13.1. The first-order chi connectivity index (χ1) is 10.8. The molecule has 0 saturated carbocycles. The average molecular weight is 322 g/mol. The minimum Gasteiger partial charge on any atom is -0.303 e.